The second-order valence-corrected chi connectivity index (χ2v) is 5.69. The maximum absolute atomic E-state index is 10.0. The van der Waals surface area contributed by atoms with Gasteiger partial charge in [0.1, 0.15) is 18.5 Å². The molecule has 2 rings (SSSR count). The van der Waals surface area contributed by atoms with Gasteiger partial charge in [-0.2, -0.15) is 0 Å². The largest absolute Gasteiger partial charge is 0.491 e. The van der Waals surface area contributed by atoms with Crippen LogP contribution >= 0.6 is 11.6 Å². The third-order valence-electron chi connectivity index (χ3n) is 3.64. The van der Waals surface area contributed by atoms with Gasteiger partial charge in [-0.05, 0) is 50.6 Å². The van der Waals surface area contributed by atoms with E-state index in [2.05, 4.69) is 11.8 Å². The van der Waals surface area contributed by atoms with Crippen molar-refractivity contribution in [2.24, 2.45) is 0 Å². The summed E-state index contributed by atoms with van der Waals surface area (Å²) in [5, 5.41) is 10.7. The average Bonchev–Trinajstić information content (AvgIpc) is 2.41. The lowest BCUT2D eigenvalue weighted by molar-refractivity contribution is 0.0438. The average molecular weight is 284 g/mol. The van der Waals surface area contributed by atoms with Crippen molar-refractivity contribution >= 4 is 11.6 Å². The van der Waals surface area contributed by atoms with Gasteiger partial charge in [-0.25, -0.2) is 0 Å². The number of ether oxygens (including phenoxy) is 1. The Labute approximate surface area is 120 Å². The molecule has 19 heavy (non-hydrogen) atoms. The molecule has 2 unspecified atom stereocenters. The van der Waals surface area contributed by atoms with Crippen molar-refractivity contribution in [1.82, 2.24) is 4.90 Å². The number of hydrogen-bond donors (Lipinski definition) is 1. The lowest BCUT2D eigenvalue weighted by Crippen LogP contribution is -2.43. The molecule has 0 saturated carbocycles. The summed E-state index contributed by atoms with van der Waals surface area (Å²) < 4.78 is 5.56. The first-order valence-corrected chi connectivity index (χ1v) is 7.33. The highest BCUT2D eigenvalue weighted by molar-refractivity contribution is 6.30. The third kappa shape index (κ3) is 4.68. The van der Waals surface area contributed by atoms with E-state index in [1.807, 2.05) is 12.1 Å². The number of aliphatic hydroxyl groups is 1. The number of halogens is 1. The zero-order chi connectivity index (χ0) is 13.7. The minimum atomic E-state index is -0.448. The number of rotatable bonds is 5. The Hall–Kier alpha value is -0.770. The fourth-order valence-electron chi connectivity index (χ4n) is 2.48. The van der Waals surface area contributed by atoms with E-state index in [1.54, 1.807) is 12.1 Å². The van der Waals surface area contributed by atoms with Crippen LogP contribution in [0.15, 0.2) is 24.3 Å². The van der Waals surface area contributed by atoms with E-state index < -0.39 is 6.10 Å². The van der Waals surface area contributed by atoms with E-state index in [4.69, 9.17) is 16.3 Å². The lowest BCUT2D eigenvalue weighted by Gasteiger charge is -2.34. The van der Waals surface area contributed by atoms with Gasteiger partial charge in [0.05, 0.1) is 0 Å². The molecule has 0 aliphatic carbocycles. The van der Waals surface area contributed by atoms with E-state index in [0.717, 1.165) is 12.3 Å². The van der Waals surface area contributed by atoms with E-state index in [9.17, 15) is 5.11 Å². The Morgan fingerprint density at radius 3 is 2.79 bits per heavy atom. The summed E-state index contributed by atoms with van der Waals surface area (Å²) in [6.07, 6.45) is 3.31. The van der Waals surface area contributed by atoms with E-state index in [-0.39, 0.29) is 0 Å². The Bertz CT molecular complexity index is 382. The molecule has 1 saturated heterocycles. The van der Waals surface area contributed by atoms with Gasteiger partial charge in [0.15, 0.2) is 0 Å². The van der Waals surface area contributed by atoms with Crippen molar-refractivity contribution in [3.63, 3.8) is 0 Å². The van der Waals surface area contributed by atoms with Crippen LogP contribution in [0.2, 0.25) is 5.02 Å². The third-order valence-corrected chi connectivity index (χ3v) is 3.89. The van der Waals surface area contributed by atoms with Gasteiger partial charge in [-0.3, -0.25) is 4.90 Å². The quantitative estimate of drug-likeness (QED) is 0.902. The number of piperidine rings is 1. The van der Waals surface area contributed by atoms with Gasteiger partial charge in [-0.1, -0.05) is 18.0 Å². The van der Waals surface area contributed by atoms with Crippen molar-refractivity contribution in [2.75, 3.05) is 19.7 Å². The van der Waals surface area contributed by atoms with Gasteiger partial charge in [0.2, 0.25) is 0 Å². The summed E-state index contributed by atoms with van der Waals surface area (Å²) in [6.45, 7) is 4.32. The maximum atomic E-state index is 10.0. The van der Waals surface area contributed by atoms with Crippen LogP contribution in [0.4, 0.5) is 0 Å². The van der Waals surface area contributed by atoms with Gasteiger partial charge >= 0.3 is 0 Å². The molecular formula is C15H22ClNO2. The molecule has 106 valence electrons. The smallest absolute Gasteiger partial charge is 0.119 e. The summed E-state index contributed by atoms with van der Waals surface area (Å²) >= 11 is 5.81. The Kier molecular flexibility index (Phi) is 5.49. The molecule has 1 aromatic carbocycles. The predicted molar refractivity (Wildman–Crippen MR) is 77.8 cm³/mol. The van der Waals surface area contributed by atoms with Crippen LogP contribution < -0.4 is 4.74 Å². The second kappa shape index (κ2) is 7.13. The monoisotopic (exact) mass is 283 g/mol. The summed E-state index contributed by atoms with van der Waals surface area (Å²) in [4.78, 5) is 2.35. The molecule has 0 radical (unpaired) electrons. The highest BCUT2D eigenvalue weighted by atomic mass is 35.5. The summed E-state index contributed by atoms with van der Waals surface area (Å²) in [5.41, 5.74) is 0. The van der Waals surface area contributed by atoms with Crippen LogP contribution in [0.3, 0.4) is 0 Å². The van der Waals surface area contributed by atoms with Crippen molar-refractivity contribution in [3.05, 3.63) is 29.3 Å². The van der Waals surface area contributed by atoms with Crippen molar-refractivity contribution in [3.8, 4) is 5.75 Å². The van der Waals surface area contributed by atoms with Crippen LogP contribution in [-0.4, -0.2) is 41.8 Å². The van der Waals surface area contributed by atoms with Gasteiger partial charge in [0, 0.05) is 17.6 Å². The van der Waals surface area contributed by atoms with E-state index >= 15 is 0 Å². The van der Waals surface area contributed by atoms with Gasteiger partial charge in [-0.15, -0.1) is 0 Å². The topological polar surface area (TPSA) is 32.7 Å². The molecule has 1 aliphatic rings. The normalized spacial score (nSPS) is 22.2. The van der Waals surface area contributed by atoms with Crippen LogP contribution in [-0.2, 0) is 0 Å². The van der Waals surface area contributed by atoms with Gasteiger partial charge in [0.25, 0.3) is 0 Å². The highest BCUT2D eigenvalue weighted by Gasteiger charge is 2.20. The summed E-state index contributed by atoms with van der Waals surface area (Å²) in [5.74, 6) is 0.746. The first-order valence-electron chi connectivity index (χ1n) is 6.95. The van der Waals surface area contributed by atoms with Crippen molar-refractivity contribution in [2.45, 2.75) is 38.3 Å². The highest BCUT2D eigenvalue weighted by Crippen LogP contribution is 2.18. The number of β-amino-alcohol motifs (C(OH)–C–C–N with tert-alkyl or cyclic N) is 1. The first-order chi connectivity index (χ1) is 9.15. The fourth-order valence-corrected chi connectivity index (χ4v) is 2.60. The molecule has 1 heterocycles. The predicted octanol–water partition coefficient (Wildman–Crippen LogP) is 2.95. The number of hydrogen-bond acceptors (Lipinski definition) is 3. The molecule has 0 bridgehead atoms. The van der Waals surface area contributed by atoms with E-state index in [1.165, 1.54) is 19.3 Å². The maximum Gasteiger partial charge on any atom is 0.119 e. The molecule has 1 fully saturated rings. The Morgan fingerprint density at radius 2 is 2.11 bits per heavy atom. The number of benzene rings is 1. The summed E-state index contributed by atoms with van der Waals surface area (Å²) in [6, 6.07) is 7.78. The van der Waals surface area contributed by atoms with E-state index in [0.29, 0.717) is 24.2 Å². The second-order valence-electron chi connectivity index (χ2n) is 5.26. The minimum absolute atomic E-state index is 0.324. The molecule has 0 amide bonds. The Morgan fingerprint density at radius 1 is 1.37 bits per heavy atom. The standard InChI is InChI=1S/C15H22ClNO2/c1-12-4-2-3-9-17(12)10-14(18)11-19-15-7-5-13(16)6-8-15/h5-8,12,14,18H,2-4,9-11H2,1H3. The van der Waals surface area contributed by atoms with Crippen LogP contribution in [0.25, 0.3) is 0 Å². The van der Waals surface area contributed by atoms with Crippen LogP contribution in [0.1, 0.15) is 26.2 Å². The molecule has 0 spiro atoms. The molecule has 1 aromatic rings. The van der Waals surface area contributed by atoms with Crippen LogP contribution in [0.5, 0.6) is 5.75 Å². The zero-order valence-corrected chi connectivity index (χ0v) is 12.1. The molecule has 3 nitrogen and oxygen atoms in total. The molecule has 4 heteroatoms. The SMILES string of the molecule is CC1CCCCN1CC(O)COc1ccc(Cl)cc1. The van der Waals surface area contributed by atoms with Gasteiger partial charge < -0.3 is 9.84 Å². The minimum Gasteiger partial charge on any atom is -0.491 e. The number of nitrogens with zero attached hydrogens (tertiary/aromatic N) is 1. The molecule has 0 aromatic heterocycles. The first kappa shape index (κ1) is 14.6. The molecule has 2 atom stereocenters. The zero-order valence-electron chi connectivity index (χ0n) is 11.4. The number of aliphatic hydroxyl groups excluding tert-OH is 1. The summed E-state index contributed by atoms with van der Waals surface area (Å²) in [7, 11) is 0. The van der Waals surface area contributed by atoms with Crippen LogP contribution in [0, 0.1) is 0 Å². The van der Waals surface area contributed by atoms with Crippen molar-refractivity contribution < 1.29 is 9.84 Å². The lowest BCUT2D eigenvalue weighted by atomic mass is 10.0. The van der Waals surface area contributed by atoms with Crippen molar-refractivity contribution in [1.29, 1.82) is 0 Å². The molecule has 1 aliphatic heterocycles. The molecular weight excluding hydrogens is 262 g/mol. The number of likely N-dealkylation sites (tertiary alicyclic amines) is 1. The molecule has 1 N–H and O–H groups in total. The fraction of sp³-hybridized carbons (Fsp3) is 0.600. The Balaban J connectivity index is 1.74.